The number of likely N-dealkylation sites (tertiary alicyclic amines) is 1. The Morgan fingerprint density at radius 1 is 1.33 bits per heavy atom. The van der Waals surface area contributed by atoms with Crippen LogP contribution in [0.3, 0.4) is 0 Å². The first kappa shape index (κ1) is 14.8. The van der Waals surface area contributed by atoms with Crippen LogP contribution in [0.2, 0.25) is 0 Å². The molecule has 0 amide bonds. The van der Waals surface area contributed by atoms with Crippen molar-refractivity contribution in [1.29, 1.82) is 0 Å². The molecule has 2 N–H and O–H groups in total. The first-order valence-electron chi connectivity index (χ1n) is 8.04. The van der Waals surface area contributed by atoms with E-state index in [0.29, 0.717) is 18.3 Å². The van der Waals surface area contributed by atoms with Gasteiger partial charge in [0.2, 0.25) is 0 Å². The zero-order valence-electron chi connectivity index (χ0n) is 12.7. The molecule has 3 unspecified atom stereocenters. The van der Waals surface area contributed by atoms with E-state index in [9.17, 15) is 4.39 Å². The third-order valence-corrected chi connectivity index (χ3v) is 5.24. The Hall–Kier alpha value is -1.13. The Bertz CT molecular complexity index is 494. The summed E-state index contributed by atoms with van der Waals surface area (Å²) in [6.07, 6.45) is 6.54. The second kappa shape index (κ2) is 6.32. The van der Waals surface area contributed by atoms with Crippen molar-refractivity contribution >= 4 is 0 Å². The van der Waals surface area contributed by atoms with Crippen LogP contribution in [-0.2, 0) is 0 Å². The maximum Gasteiger partial charge on any atom is 0.165 e. The summed E-state index contributed by atoms with van der Waals surface area (Å²) in [5, 5.41) is 0. The average molecular weight is 292 g/mol. The molecule has 0 bridgehead atoms. The standard InChI is InChI=1S/C17H25FN2O/c1-21-17-7-6-13(10-14(17)18)16(11-19)20-9-8-12-4-2-3-5-15(12)20/h6-7,10,12,15-16H,2-5,8-9,11,19H2,1H3. The van der Waals surface area contributed by atoms with Crippen molar-refractivity contribution in [2.75, 3.05) is 20.2 Å². The van der Waals surface area contributed by atoms with E-state index in [1.54, 1.807) is 12.1 Å². The average Bonchev–Trinajstić information content (AvgIpc) is 2.93. The summed E-state index contributed by atoms with van der Waals surface area (Å²) in [6.45, 7) is 1.62. The molecule has 116 valence electrons. The van der Waals surface area contributed by atoms with Gasteiger partial charge in [-0.15, -0.1) is 0 Å². The maximum absolute atomic E-state index is 14.0. The zero-order valence-corrected chi connectivity index (χ0v) is 12.7. The molecule has 3 rings (SSSR count). The monoisotopic (exact) mass is 292 g/mol. The molecule has 4 heteroatoms. The molecule has 1 saturated carbocycles. The summed E-state index contributed by atoms with van der Waals surface area (Å²) in [5.41, 5.74) is 7.01. The predicted octanol–water partition coefficient (Wildman–Crippen LogP) is 3.10. The molecule has 1 aliphatic carbocycles. The first-order valence-corrected chi connectivity index (χ1v) is 8.04. The Kier molecular flexibility index (Phi) is 4.45. The van der Waals surface area contributed by atoms with E-state index in [0.717, 1.165) is 18.0 Å². The van der Waals surface area contributed by atoms with Gasteiger partial charge in [0.25, 0.3) is 0 Å². The third-order valence-electron chi connectivity index (χ3n) is 5.24. The summed E-state index contributed by atoms with van der Waals surface area (Å²) in [7, 11) is 1.49. The van der Waals surface area contributed by atoms with Crippen LogP contribution in [0.4, 0.5) is 4.39 Å². The summed E-state index contributed by atoms with van der Waals surface area (Å²) in [6, 6.07) is 6.01. The molecule has 2 aliphatic rings. The van der Waals surface area contributed by atoms with Crippen LogP contribution in [-0.4, -0.2) is 31.1 Å². The number of fused-ring (bicyclic) bond motifs is 1. The normalized spacial score (nSPS) is 27.4. The lowest BCUT2D eigenvalue weighted by Crippen LogP contribution is -2.40. The Morgan fingerprint density at radius 3 is 2.86 bits per heavy atom. The van der Waals surface area contributed by atoms with E-state index in [-0.39, 0.29) is 11.9 Å². The van der Waals surface area contributed by atoms with Gasteiger partial charge in [-0.05, 0) is 49.4 Å². The van der Waals surface area contributed by atoms with Crippen LogP contribution < -0.4 is 10.5 Å². The fourth-order valence-electron chi connectivity index (χ4n) is 4.18. The van der Waals surface area contributed by atoms with Gasteiger partial charge in [-0.2, -0.15) is 0 Å². The lowest BCUT2D eigenvalue weighted by Gasteiger charge is -2.37. The van der Waals surface area contributed by atoms with Gasteiger partial charge >= 0.3 is 0 Å². The Balaban J connectivity index is 1.83. The number of benzene rings is 1. The zero-order chi connectivity index (χ0) is 14.8. The number of methoxy groups -OCH3 is 1. The fraction of sp³-hybridized carbons (Fsp3) is 0.647. The minimum absolute atomic E-state index is 0.124. The molecule has 1 aromatic rings. The van der Waals surface area contributed by atoms with Crippen molar-refractivity contribution < 1.29 is 9.13 Å². The second-order valence-corrected chi connectivity index (χ2v) is 6.28. The summed E-state index contributed by atoms with van der Waals surface area (Å²) in [4.78, 5) is 2.52. The third kappa shape index (κ3) is 2.79. The second-order valence-electron chi connectivity index (χ2n) is 6.28. The largest absolute Gasteiger partial charge is 0.494 e. The molecule has 3 nitrogen and oxygen atoms in total. The number of halogens is 1. The molecular formula is C17H25FN2O. The number of nitrogens with zero attached hydrogens (tertiary/aromatic N) is 1. The fourth-order valence-corrected chi connectivity index (χ4v) is 4.18. The number of hydrogen-bond acceptors (Lipinski definition) is 3. The van der Waals surface area contributed by atoms with E-state index >= 15 is 0 Å². The van der Waals surface area contributed by atoms with E-state index in [1.807, 2.05) is 6.07 Å². The quantitative estimate of drug-likeness (QED) is 0.926. The van der Waals surface area contributed by atoms with Crippen molar-refractivity contribution in [1.82, 2.24) is 4.90 Å². The SMILES string of the molecule is COc1ccc(C(CN)N2CCC3CCCCC32)cc1F. The molecule has 1 heterocycles. The van der Waals surface area contributed by atoms with Crippen LogP contribution in [0.1, 0.15) is 43.7 Å². The van der Waals surface area contributed by atoms with Crippen molar-refractivity contribution in [3.05, 3.63) is 29.6 Å². The van der Waals surface area contributed by atoms with Gasteiger partial charge < -0.3 is 10.5 Å². The molecule has 1 aromatic carbocycles. The van der Waals surface area contributed by atoms with Gasteiger partial charge in [0.05, 0.1) is 7.11 Å². The Morgan fingerprint density at radius 2 is 2.14 bits per heavy atom. The minimum Gasteiger partial charge on any atom is -0.494 e. The highest BCUT2D eigenvalue weighted by atomic mass is 19.1. The van der Waals surface area contributed by atoms with Gasteiger partial charge in [0.15, 0.2) is 11.6 Å². The van der Waals surface area contributed by atoms with E-state index < -0.39 is 0 Å². The number of hydrogen-bond donors (Lipinski definition) is 1. The Labute approximate surface area is 126 Å². The van der Waals surface area contributed by atoms with Gasteiger partial charge in [-0.3, -0.25) is 4.90 Å². The van der Waals surface area contributed by atoms with E-state index in [4.69, 9.17) is 10.5 Å². The molecule has 0 aromatic heterocycles. The van der Waals surface area contributed by atoms with Crippen LogP contribution in [0, 0.1) is 11.7 Å². The van der Waals surface area contributed by atoms with Gasteiger partial charge in [-0.25, -0.2) is 4.39 Å². The van der Waals surface area contributed by atoms with Crippen molar-refractivity contribution in [2.45, 2.75) is 44.2 Å². The molecule has 1 saturated heterocycles. The molecule has 0 spiro atoms. The van der Waals surface area contributed by atoms with Crippen molar-refractivity contribution in [3.63, 3.8) is 0 Å². The first-order chi connectivity index (χ1) is 10.2. The molecule has 0 radical (unpaired) electrons. The summed E-state index contributed by atoms with van der Waals surface area (Å²) >= 11 is 0. The number of ether oxygens (including phenoxy) is 1. The lowest BCUT2D eigenvalue weighted by molar-refractivity contribution is 0.135. The minimum atomic E-state index is -0.298. The topological polar surface area (TPSA) is 38.5 Å². The van der Waals surface area contributed by atoms with Crippen molar-refractivity contribution in [3.8, 4) is 5.75 Å². The highest BCUT2D eigenvalue weighted by Gasteiger charge is 2.39. The predicted molar refractivity (Wildman–Crippen MR) is 81.8 cm³/mol. The van der Waals surface area contributed by atoms with Gasteiger partial charge in [0.1, 0.15) is 0 Å². The highest BCUT2D eigenvalue weighted by Crippen LogP contribution is 2.40. The van der Waals surface area contributed by atoms with Crippen LogP contribution in [0.25, 0.3) is 0 Å². The number of rotatable bonds is 4. The molecular weight excluding hydrogens is 267 g/mol. The summed E-state index contributed by atoms with van der Waals surface area (Å²) < 4.78 is 19.0. The van der Waals surface area contributed by atoms with Gasteiger partial charge in [-0.1, -0.05) is 18.9 Å². The van der Waals surface area contributed by atoms with Crippen LogP contribution in [0.5, 0.6) is 5.75 Å². The smallest absolute Gasteiger partial charge is 0.165 e. The number of nitrogens with two attached hydrogens (primary N) is 1. The lowest BCUT2D eigenvalue weighted by atomic mass is 9.84. The molecule has 3 atom stereocenters. The van der Waals surface area contributed by atoms with E-state index in [2.05, 4.69) is 4.90 Å². The molecule has 21 heavy (non-hydrogen) atoms. The van der Waals surface area contributed by atoms with Gasteiger partial charge in [0, 0.05) is 18.6 Å². The maximum atomic E-state index is 14.0. The van der Waals surface area contributed by atoms with E-state index in [1.165, 1.54) is 39.2 Å². The van der Waals surface area contributed by atoms with Crippen LogP contribution >= 0.6 is 0 Å². The summed E-state index contributed by atoms with van der Waals surface area (Å²) in [5.74, 6) is 0.815. The highest BCUT2D eigenvalue weighted by molar-refractivity contribution is 5.31. The molecule has 2 fully saturated rings. The van der Waals surface area contributed by atoms with Crippen LogP contribution in [0.15, 0.2) is 18.2 Å². The van der Waals surface area contributed by atoms with Crippen molar-refractivity contribution in [2.24, 2.45) is 11.7 Å². The molecule has 1 aliphatic heterocycles.